The fraction of sp³-hybridized carbons (Fsp3) is 0.375. The van der Waals surface area contributed by atoms with Gasteiger partial charge in [-0.3, -0.25) is 4.79 Å². The van der Waals surface area contributed by atoms with Crippen LogP contribution in [0.25, 0.3) is 21.5 Å². The molecule has 3 rings (SSSR count). The number of hydrogen-bond acceptors (Lipinski definition) is 1. The van der Waals surface area contributed by atoms with Crippen LogP contribution in [0.2, 0.25) is 0 Å². The Morgan fingerprint density at radius 2 is 1.23 bits per heavy atom. The SMILES string of the molecule is O=C(O)CCCCCCCCCc1ccc2cc3ccccc3cc2c1. The molecule has 0 heterocycles. The molecule has 0 bridgehead atoms. The van der Waals surface area contributed by atoms with Crippen molar-refractivity contribution < 1.29 is 9.90 Å². The number of carboxylic acid groups (broad SMARTS) is 1. The first kappa shape index (κ1) is 18.4. The number of fused-ring (bicyclic) bond motifs is 2. The first-order valence-corrected chi connectivity index (χ1v) is 9.85. The molecule has 3 aromatic carbocycles. The Hall–Kier alpha value is -2.35. The minimum Gasteiger partial charge on any atom is -0.481 e. The average Bonchev–Trinajstić information content (AvgIpc) is 2.64. The number of carbonyl (C=O) groups is 1. The second-order valence-electron chi connectivity index (χ2n) is 7.25. The molecular formula is C24H28O2. The van der Waals surface area contributed by atoms with Gasteiger partial charge in [-0.1, -0.05) is 74.6 Å². The van der Waals surface area contributed by atoms with E-state index in [0.717, 1.165) is 25.7 Å². The molecule has 0 aliphatic rings. The van der Waals surface area contributed by atoms with Gasteiger partial charge in [0.05, 0.1) is 0 Å². The molecule has 0 amide bonds. The van der Waals surface area contributed by atoms with Gasteiger partial charge in [-0.05, 0) is 58.5 Å². The number of unbranched alkanes of at least 4 members (excludes halogenated alkanes) is 6. The molecule has 0 aromatic heterocycles. The lowest BCUT2D eigenvalue weighted by Crippen LogP contribution is -1.93. The van der Waals surface area contributed by atoms with Gasteiger partial charge in [0.25, 0.3) is 0 Å². The zero-order valence-electron chi connectivity index (χ0n) is 15.4. The van der Waals surface area contributed by atoms with Crippen LogP contribution < -0.4 is 0 Å². The normalized spacial score (nSPS) is 11.2. The molecule has 2 nitrogen and oxygen atoms in total. The molecule has 0 aliphatic heterocycles. The molecule has 0 spiro atoms. The number of rotatable bonds is 10. The highest BCUT2D eigenvalue weighted by Gasteiger charge is 2.01. The van der Waals surface area contributed by atoms with E-state index in [1.54, 1.807) is 0 Å². The third-order valence-electron chi connectivity index (χ3n) is 5.13. The van der Waals surface area contributed by atoms with Crippen molar-refractivity contribution in [2.45, 2.75) is 57.8 Å². The summed E-state index contributed by atoms with van der Waals surface area (Å²) in [6.45, 7) is 0. The summed E-state index contributed by atoms with van der Waals surface area (Å²) in [4.78, 5) is 10.5. The first-order chi connectivity index (χ1) is 12.7. The Kier molecular flexibility index (Phi) is 6.65. The van der Waals surface area contributed by atoms with Gasteiger partial charge >= 0.3 is 5.97 Å². The zero-order chi connectivity index (χ0) is 18.2. The molecule has 0 aliphatic carbocycles. The first-order valence-electron chi connectivity index (χ1n) is 9.85. The fourth-order valence-corrected chi connectivity index (χ4v) is 3.63. The lowest BCUT2D eigenvalue weighted by molar-refractivity contribution is -0.137. The highest BCUT2D eigenvalue weighted by atomic mass is 16.4. The van der Waals surface area contributed by atoms with Crippen LogP contribution in [-0.4, -0.2) is 11.1 Å². The van der Waals surface area contributed by atoms with Crippen molar-refractivity contribution in [3.8, 4) is 0 Å². The fourth-order valence-electron chi connectivity index (χ4n) is 3.63. The van der Waals surface area contributed by atoms with Gasteiger partial charge in [-0.25, -0.2) is 0 Å². The standard InChI is InChI=1S/C24H28O2/c25-24(26)13-7-5-3-1-2-4-6-10-19-14-15-22-17-20-11-8-9-12-21(20)18-23(22)16-19/h8-9,11-12,14-18H,1-7,10,13H2,(H,25,26). The number of benzene rings is 3. The maximum absolute atomic E-state index is 10.5. The van der Waals surface area contributed by atoms with E-state index in [1.165, 1.54) is 52.8 Å². The van der Waals surface area contributed by atoms with Crippen molar-refractivity contribution in [3.63, 3.8) is 0 Å². The molecule has 0 radical (unpaired) electrons. The van der Waals surface area contributed by atoms with Crippen LogP contribution in [0.3, 0.4) is 0 Å². The van der Waals surface area contributed by atoms with Crippen LogP contribution in [0.4, 0.5) is 0 Å². The predicted molar refractivity (Wildman–Crippen MR) is 110 cm³/mol. The maximum atomic E-state index is 10.5. The summed E-state index contributed by atoms with van der Waals surface area (Å²) in [5, 5.41) is 13.9. The van der Waals surface area contributed by atoms with Crippen LogP contribution in [0.5, 0.6) is 0 Å². The second-order valence-corrected chi connectivity index (χ2v) is 7.25. The smallest absolute Gasteiger partial charge is 0.303 e. The second kappa shape index (κ2) is 9.38. The third kappa shape index (κ3) is 5.32. The molecule has 1 N–H and O–H groups in total. The van der Waals surface area contributed by atoms with Gasteiger partial charge in [0.2, 0.25) is 0 Å². The molecule has 0 saturated carbocycles. The number of aliphatic carboxylic acids is 1. The van der Waals surface area contributed by atoms with Crippen LogP contribution in [-0.2, 0) is 11.2 Å². The highest BCUT2D eigenvalue weighted by Crippen LogP contribution is 2.24. The molecule has 2 heteroatoms. The van der Waals surface area contributed by atoms with Gasteiger partial charge in [-0.2, -0.15) is 0 Å². The van der Waals surface area contributed by atoms with E-state index < -0.39 is 5.97 Å². The number of aryl methyl sites for hydroxylation is 1. The van der Waals surface area contributed by atoms with Crippen molar-refractivity contribution in [2.24, 2.45) is 0 Å². The largest absolute Gasteiger partial charge is 0.481 e. The molecule has 0 unspecified atom stereocenters. The average molecular weight is 348 g/mol. The molecule has 0 fully saturated rings. The Bertz CT molecular complexity index is 866. The molecule has 3 aromatic rings. The number of carboxylic acids is 1. The lowest BCUT2D eigenvalue weighted by Gasteiger charge is -2.06. The molecule has 0 atom stereocenters. The van der Waals surface area contributed by atoms with E-state index in [0.29, 0.717) is 6.42 Å². The molecular weight excluding hydrogens is 320 g/mol. The number of hydrogen-bond donors (Lipinski definition) is 1. The Morgan fingerprint density at radius 3 is 1.92 bits per heavy atom. The van der Waals surface area contributed by atoms with E-state index in [2.05, 4.69) is 54.6 Å². The summed E-state index contributed by atoms with van der Waals surface area (Å²) >= 11 is 0. The molecule has 136 valence electrons. The summed E-state index contributed by atoms with van der Waals surface area (Å²) in [5.74, 6) is -0.673. The van der Waals surface area contributed by atoms with Crippen molar-refractivity contribution >= 4 is 27.5 Å². The summed E-state index contributed by atoms with van der Waals surface area (Å²) in [6.07, 6.45) is 9.46. The zero-order valence-corrected chi connectivity index (χ0v) is 15.4. The Morgan fingerprint density at radius 1 is 0.654 bits per heavy atom. The predicted octanol–water partition coefficient (Wildman–Crippen LogP) is 6.74. The quantitative estimate of drug-likeness (QED) is 0.325. The van der Waals surface area contributed by atoms with Gasteiger partial charge in [0, 0.05) is 6.42 Å². The minimum atomic E-state index is -0.673. The Labute approximate surface area is 155 Å². The van der Waals surface area contributed by atoms with Gasteiger partial charge in [0.15, 0.2) is 0 Å². The summed E-state index contributed by atoms with van der Waals surface area (Å²) in [6, 6.07) is 20.0. The van der Waals surface area contributed by atoms with Crippen molar-refractivity contribution in [3.05, 3.63) is 60.2 Å². The summed E-state index contributed by atoms with van der Waals surface area (Å²) in [7, 11) is 0. The summed E-state index contributed by atoms with van der Waals surface area (Å²) in [5.41, 5.74) is 1.43. The van der Waals surface area contributed by atoms with Crippen LogP contribution in [0.15, 0.2) is 54.6 Å². The van der Waals surface area contributed by atoms with Crippen molar-refractivity contribution in [1.29, 1.82) is 0 Å². The van der Waals surface area contributed by atoms with E-state index in [1.807, 2.05) is 0 Å². The van der Waals surface area contributed by atoms with Crippen molar-refractivity contribution in [2.75, 3.05) is 0 Å². The monoisotopic (exact) mass is 348 g/mol. The van der Waals surface area contributed by atoms with Gasteiger partial charge < -0.3 is 5.11 Å². The minimum absolute atomic E-state index is 0.317. The third-order valence-corrected chi connectivity index (χ3v) is 5.13. The van der Waals surface area contributed by atoms with E-state index in [-0.39, 0.29) is 0 Å². The maximum Gasteiger partial charge on any atom is 0.303 e. The van der Waals surface area contributed by atoms with Crippen LogP contribution >= 0.6 is 0 Å². The Balaban J connectivity index is 1.43. The van der Waals surface area contributed by atoms with E-state index in [4.69, 9.17) is 5.11 Å². The molecule has 26 heavy (non-hydrogen) atoms. The van der Waals surface area contributed by atoms with E-state index in [9.17, 15) is 4.79 Å². The van der Waals surface area contributed by atoms with E-state index >= 15 is 0 Å². The highest BCUT2D eigenvalue weighted by molar-refractivity contribution is 5.98. The molecule has 0 saturated heterocycles. The van der Waals surface area contributed by atoms with Crippen LogP contribution in [0, 0.1) is 0 Å². The topological polar surface area (TPSA) is 37.3 Å². The van der Waals surface area contributed by atoms with Gasteiger partial charge in [0.1, 0.15) is 0 Å². The lowest BCUT2D eigenvalue weighted by atomic mass is 9.99. The van der Waals surface area contributed by atoms with Gasteiger partial charge in [-0.15, -0.1) is 0 Å². The van der Waals surface area contributed by atoms with Crippen LogP contribution in [0.1, 0.15) is 56.9 Å². The summed E-state index contributed by atoms with van der Waals surface area (Å²) < 4.78 is 0. The van der Waals surface area contributed by atoms with Crippen molar-refractivity contribution in [1.82, 2.24) is 0 Å².